The summed E-state index contributed by atoms with van der Waals surface area (Å²) in [5.41, 5.74) is 0.319. The van der Waals surface area contributed by atoms with Gasteiger partial charge in [-0.05, 0) is 18.9 Å². The molecule has 0 bridgehead atoms. The first-order valence-corrected chi connectivity index (χ1v) is 7.36. The number of amidine groups is 1. The molecule has 0 saturated carbocycles. The number of aromatic nitrogens is 2. The van der Waals surface area contributed by atoms with Crippen molar-refractivity contribution in [2.45, 2.75) is 39.5 Å². The van der Waals surface area contributed by atoms with Crippen molar-refractivity contribution in [3.63, 3.8) is 0 Å². The molecule has 0 fully saturated rings. The van der Waals surface area contributed by atoms with E-state index in [1.807, 2.05) is 13.8 Å². The molecule has 0 radical (unpaired) electrons. The van der Waals surface area contributed by atoms with Crippen molar-refractivity contribution in [3.05, 3.63) is 18.0 Å². The number of hydrogen-bond acceptors (Lipinski definition) is 5. The summed E-state index contributed by atoms with van der Waals surface area (Å²) in [5, 5.41) is 8.87. The van der Waals surface area contributed by atoms with Gasteiger partial charge in [0.15, 0.2) is 5.84 Å². The van der Waals surface area contributed by atoms with E-state index in [2.05, 4.69) is 20.5 Å². The molecule has 0 aliphatic heterocycles. The summed E-state index contributed by atoms with van der Waals surface area (Å²) >= 11 is 0. The maximum atomic E-state index is 11.7. The fourth-order valence-electron chi connectivity index (χ4n) is 1.41. The number of aromatic amines is 1. The van der Waals surface area contributed by atoms with E-state index >= 15 is 0 Å². The summed E-state index contributed by atoms with van der Waals surface area (Å²) in [7, 11) is 0. The van der Waals surface area contributed by atoms with Gasteiger partial charge in [-0.2, -0.15) is 10.1 Å². The van der Waals surface area contributed by atoms with E-state index in [9.17, 15) is 9.59 Å². The van der Waals surface area contributed by atoms with Crippen molar-refractivity contribution >= 4 is 18.0 Å². The summed E-state index contributed by atoms with van der Waals surface area (Å²) in [4.78, 5) is 27.0. The Hall–Kier alpha value is -2.38. The quantitative estimate of drug-likeness (QED) is 0.457. The normalized spacial score (nSPS) is 11.1. The van der Waals surface area contributed by atoms with Gasteiger partial charge < -0.3 is 9.47 Å². The number of unbranched alkanes of at least 4 members (excludes halogenated alkanes) is 2. The minimum atomic E-state index is -0.777. The van der Waals surface area contributed by atoms with E-state index in [4.69, 9.17) is 9.47 Å². The van der Waals surface area contributed by atoms with Crippen LogP contribution in [0.15, 0.2) is 17.3 Å². The Kier molecular flexibility index (Phi) is 8.32. The molecule has 8 heteroatoms. The molecule has 1 aromatic rings. The molecule has 1 heterocycles. The van der Waals surface area contributed by atoms with Gasteiger partial charge in [0.1, 0.15) is 5.69 Å². The SMILES string of the molecule is CCCCOC(=O)N=C(NC(=O)OCCCC)c1cc[nH]n1. The molecule has 0 saturated heterocycles. The Balaban J connectivity index is 2.64. The van der Waals surface area contributed by atoms with Crippen molar-refractivity contribution in [2.75, 3.05) is 13.2 Å². The van der Waals surface area contributed by atoms with Crippen LogP contribution in [0.2, 0.25) is 0 Å². The van der Waals surface area contributed by atoms with Crippen LogP contribution < -0.4 is 5.32 Å². The van der Waals surface area contributed by atoms with E-state index in [1.54, 1.807) is 12.3 Å². The number of aliphatic imine (C=N–C) groups is 1. The maximum absolute atomic E-state index is 11.7. The van der Waals surface area contributed by atoms with Crippen LogP contribution in [-0.2, 0) is 9.47 Å². The standard InChI is InChI=1S/C14H22N4O4/c1-3-5-9-21-13(19)16-12(11-7-8-15-18-11)17-14(20)22-10-6-4-2/h7-8H,3-6,9-10H2,1-2H3,(H,15,18)(H,16,17,19,20). The first-order chi connectivity index (χ1) is 10.7. The summed E-state index contributed by atoms with van der Waals surface area (Å²) in [6, 6.07) is 1.57. The van der Waals surface area contributed by atoms with Crippen molar-refractivity contribution in [1.82, 2.24) is 15.5 Å². The smallest absolute Gasteiger partial charge is 0.435 e. The second-order valence-electron chi connectivity index (χ2n) is 4.50. The lowest BCUT2D eigenvalue weighted by Crippen LogP contribution is -2.33. The number of carbonyl (C=O) groups is 2. The molecule has 1 aromatic heterocycles. The Morgan fingerprint density at radius 3 is 2.50 bits per heavy atom. The minimum absolute atomic E-state index is 0.00996. The Morgan fingerprint density at radius 2 is 1.91 bits per heavy atom. The first kappa shape index (κ1) is 17.7. The van der Waals surface area contributed by atoms with Crippen LogP contribution in [-0.4, -0.2) is 41.4 Å². The number of H-pyrrole nitrogens is 1. The third kappa shape index (κ3) is 6.87. The van der Waals surface area contributed by atoms with Crippen LogP contribution in [0.4, 0.5) is 9.59 Å². The van der Waals surface area contributed by atoms with E-state index < -0.39 is 12.2 Å². The van der Waals surface area contributed by atoms with Crippen molar-refractivity contribution in [3.8, 4) is 0 Å². The molecule has 2 amide bonds. The van der Waals surface area contributed by atoms with E-state index in [0.29, 0.717) is 12.3 Å². The van der Waals surface area contributed by atoms with E-state index in [1.165, 1.54) is 0 Å². The van der Waals surface area contributed by atoms with Crippen LogP contribution in [0.3, 0.4) is 0 Å². The maximum Gasteiger partial charge on any atom is 0.435 e. The third-order valence-corrected chi connectivity index (χ3v) is 2.62. The minimum Gasteiger partial charge on any atom is -0.449 e. The van der Waals surface area contributed by atoms with Crippen molar-refractivity contribution < 1.29 is 19.1 Å². The van der Waals surface area contributed by atoms with Crippen molar-refractivity contribution in [2.24, 2.45) is 4.99 Å². The number of carbonyl (C=O) groups excluding carboxylic acids is 2. The number of hydrogen-bond donors (Lipinski definition) is 2. The highest BCUT2D eigenvalue weighted by Crippen LogP contribution is 1.98. The van der Waals surface area contributed by atoms with Gasteiger partial charge in [-0.3, -0.25) is 10.4 Å². The number of nitrogens with zero attached hydrogens (tertiary/aromatic N) is 2. The second-order valence-corrected chi connectivity index (χ2v) is 4.50. The van der Waals surface area contributed by atoms with Crippen molar-refractivity contribution in [1.29, 1.82) is 0 Å². The van der Waals surface area contributed by atoms with Gasteiger partial charge >= 0.3 is 12.2 Å². The van der Waals surface area contributed by atoms with E-state index in [0.717, 1.165) is 25.7 Å². The second kappa shape index (κ2) is 10.4. The molecule has 1 rings (SSSR count). The van der Waals surface area contributed by atoms with Gasteiger partial charge in [0.05, 0.1) is 13.2 Å². The molecule has 0 aliphatic rings. The van der Waals surface area contributed by atoms with Crippen LogP contribution >= 0.6 is 0 Å². The van der Waals surface area contributed by atoms with Crippen LogP contribution in [0.25, 0.3) is 0 Å². The highest BCUT2D eigenvalue weighted by atomic mass is 16.6. The van der Waals surface area contributed by atoms with Gasteiger partial charge in [0.25, 0.3) is 0 Å². The predicted molar refractivity (Wildman–Crippen MR) is 80.8 cm³/mol. The lowest BCUT2D eigenvalue weighted by atomic mass is 10.4. The molecule has 2 N–H and O–H groups in total. The third-order valence-electron chi connectivity index (χ3n) is 2.62. The number of rotatable bonds is 7. The zero-order chi connectivity index (χ0) is 16.2. The van der Waals surface area contributed by atoms with Gasteiger partial charge in [0.2, 0.25) is 0 Å². The summed E-state index contributed by atoms with van der Waals surface area (Å²) in [6.45, 7) is 4.56. The molecule has 8 nitrogen and oxygen atoms in total. The Bertz CT molecular complexity index is 485. The van der Waals surface area contributed by atoms with Crippen LogP contribution in [0.1, 0.15) is 45.2 Å². The molecule has 0 aromatic carbocycles. The Labute approximate surface area is 129 Å². The first-order valence-electron chi connectivity index (χ1n) is 7.36. The monoisotopic (exact) mass is 310 g/mol. The molecule has 0 unspecified atom stereocenters. The summed E-state index contributed by atoms with van der Waals surface area (Å²) in [6.07, 6.45) is 3.43. The number of alkyl carbamates (subject to hydrolysis) is 1. The fraction of sp³-hybridized carbons (Fsp3) is 0.571. The van der Waals surface area contributed by atoms with E-state index in [-0.39, 0.29) is 12.4 Å². The fourth-order valence-corrected chi connectivity index (χ4v) is 1.41. The lowest BCUT2D eigenvalue weighted by molar-refractivity contribution is 0.149. The number of nitrogens with one attached hydrogen (secondary N) is 2. The molecule has 0 aliphatic carbocycles. The number of ether oxygens (including phenoxy) is 2. The molecular weight excluding hydrogens is 288 g/mol. The number of amides is 2. The summed E-state index contributed by atoms with van der Waals surface area (Å²) in [5.74, 6) is -0.00996. The van der Waals surface area contributed by atoms with Crippen LogP contribution in [0.5, 0.6) is 0 Å². The largest absolute Gasteiger partial charge is 0.449 e. The molecule has 122 valence electrons. The zero-order valence-corrected chi connectivity index (χ0v) is 12.9. The highest BCUT2D eigenvalue weighted by molar-refractivity contribution is 6.08. The average molecular weight is 310 g/mol. The molecule has 22 heavy (non-hydrogen) atoms. The Morgan fingerprint density at radius 1 is 1.23 bits per heavy atom. The predicted octanol–water partition coefficient (Wildman–Crippen LogP) is 2.62. The zero-order valence-electron chi connectivity index (χ0n) is 12.9. The van der Waals surface area contributed by atoms with Gasteiger partial charge in [-0.25, -0.2) is 9.59 Å². The summed E-state index contributed by atoms with van der Waals surface area (Å²) < 4.78 is 9.90. The lowest BCUT2D eigenvalue weighted by Gasteiger charge is -2.07. The van der Waals surface area contributed by atoms with Gasteiger partial charge in [-0.15, -0.1) is 0 Å². The topological polar surface area (TPSA) is 106 Å². The molecule has 0 spiro atoms. The van der Waals surface area contributed by atoms with Crippen LogP contribution in [0, 0.1) is 0 Å². The molecule has 0 atom stereocenters. The van der Waals surface area contributed by atoms with Gasteiger partial charge in [-0.1, -0.05) is 26.7 Å². The van der Waals surface area contributed by atoms with Gasteiger partial charge in [0, 0.05) is 6.20 Å². The molecular formula is C14H22N4O4. The average Bonchev–Trinajstić information content (AvgIpc) is 3.01. The highest BCUT2D eigenvalue weighted by Gasteiger charge is 2.14.